The highest BCUT2D eigenvalue weighted by Gasteiger charge is 2.16. The van der Waals surface area contributed by atoms with E-state index in [1.54, 1.807) is 0 Å². The van der Waals surface area contributed by atoms with E-state index in [0.29, 0.717) is 6.42 Å². The number of unbranched alkanes of at least 4 members (excludes halogenated alkanes) is 1. The standard InChI is InChI=1S/C12H22O2/c1-6-7-8-10(2)9-11(13)14-12(3,4)5/h2,6-9H2,1,3-5H3. The molecule has 0 aromatic heterocycles. The predicted octanol–water partition coefficient (Wildman–Crippen LogP) is 3.46. The lowest BCUT2D eigenvalue weighted by Crippen LogP contribution is -2.23. The minimum Gasteiger partial charge on any atom is -0.460 e. The van der Waals surface area contributed by atoms with Crippen LogP contribution in [0.4, 0.5) is 0 Å². The van der Waals surface area contributed by atoms with Crippen molar-refractivity contribution in [3.63, 3.8) is 0 Å². The Kier molecular flexibility index (Phi) is 5.51. The molecule has 0 saturated carbocycles. The fourth-order valence-electron chi connectivity index (χ4n) is 1.10. The Morgan fingerprint density at radius 3 is 2.36 bits per heavy atom. The van der Waals surface area contributed by atoms with Crippen molar-refractivity contribution in [1.29, 1.82) is 0 Å². The zero-order valence-electron chi connectivity index (χ0n) is 9.85. The van der Waals surface area contributed by atoms with E-state index in [-0.39, 0.29) is 11.6 Å². The second kappa shape index (κ2) is 5.84. The average Bonchev–Trinajstić information content (AvgIpc) is 1.96. The second-order valence-corrected chi connectivity index (χ2v) is 4.62. The molecule has 2 nitrogen and oxygen atoms in total. The van der Waals surface area contributed by atoms with Crippen LogP contribution in [-0.2, 0) is 9.53 Å². The molecule has 0 aromatic rings. The summed E-state index contributed by atoms with van der Waals surface area (Å²) in [5.74, 6) is -0.168. The number of ether oxygens (including phenoxy) is 1. The summed E-state index contributed by atoms with van der Waals surface area (Å²) in [5, 5.41) is 0. The molecule has 0 amide bonds. The summed E-state index contributed by atoms with van der Waals surface area (Å²) < 4.78 is 5.19. The molecule has 0 heterocycles. The van der Waals surface area contributed by atoms with Crippen molar-refractivity contribution < 1.29 is 9.53 Å². The highest BCUT2D eigenvalue weighted by Crippen LogP contribution is 2.14. The average molecular weight is 198 g/mol. The van der Waals surface area contributed by atoms with Gasteiger partial charge < -0.3 is 4.74 Å². The number of rotatable bonds is 5. The molecule has 0 aliphatic heterocycles. The van der Waals surface area contributed by atoms with E-state index in [1.807, 2.05) is 20.8 Å². The summed E-state index contributed by atoms with van der Waals surface area (Å²) >= 11 is 0. The van der Waals surface area contributed by atoms with Crippen LogP contribution in [0.1, 0.15) is 53.4 Å². The highest BCUT2D eigenvalue weighted by atomic mass is 16.6. The van der Waals surface area contributed by atoms with Crippen molar-refractivity contribution in [3.8, 4) is 0 Å². The summed E-state index contributed by atoms with van der Waals surface area (Å²) in [6.07, 6.45) is 3.52. The molecule has 0 radical (unpaired) electrons. The Morgan fingerprint density at radius 2 is 1.93 bits per heavy atom. The Bertz CT molecular complexity index is 199. The van der Waals surface area contributed by atoms with Gasteiger partial charge >= 0.3 is 5.97 Å². The van der Waals surface area contributed by atoms with Gasteiger partial charge in [0.25, 0.3) is 0 Å². The molecular weight excluding hydrogens is 176 g/mol. The van der Waals surface area contributed by atoms with Crippen molar-refractivity contribution in [1.82, 2.24) is 0 Å². The quantitative estimate of drug-likeness (QED) is 0.499. The first-order chi connectivity index (χ1) is 6.35. The van der Waals surface area contributed by atoms with E-state index in [9.17, 15) is 4.79 Å². The van der Waals surface area contributed by atoms with E-state index in [4.69, 9.17) is 4.74 Å². The molecule has 0 saturated heterocycles. The van der Waals surface area contributed by atoms with Crippen LogP contribution in [0, 0.1) is 0 Å². The first-order valence-corrected chi connectivity index (χ1v) is 5.23. The maximum absolute atomic E-state index is 11.3. The van der Waals surface area contributed by atoms with Crippen molar-refractivity contribution in [2.75, 3.05) is 0 Å². The van der Waals surface area contributed by atoms with Crippen LogP contribution >= 0.6 is 0 Å². The second-order valence-electron chi connectivity index (χ2n) is 4.62. The molecule has 0 aliphatic carbocycles. The Morgan fingerprint density at radius 1 is 1.36 bits per heavy atom. The minimum atomic E-state index is -0.387. The lowest BCUT2D eigenvalue weighted by atomic mass is 10.1. The fraction of sp³-hybridized carbons (Fsp3) is 0.750. The smallest absolute Gasteiger partial charge is 0.310 e. The molecule has 82 valence electrons. The summed E-state index contributed by atoms with van der Waals surface area (Å²) in [4.78, 5) is 11.3. The van der Waals surface area contributed by atoms with Crippen LogP contribution in [0.3, 0.4) is 0 Å². The normalized spacial score (nSPS) is 11.1. The van der Waals surface area contributed by atoms with E-state index >= 15 is 0 Å². The van der Waals surface area contributed by atoms with E-state index < -0.39 is 0 Å². The molecule has 0 rings (SSSR count). The summed E-state index contributed by atoms with van der Waals surface area (Å²) in [6.45, 7) is 11.6. The van der Waals surface area contributed by atoms with Gasteiger partial charge in [-0.1, -0.05) is 25.5 Å². The van der Waals surface area contributed by atoms with Gasteiger partial charge in [-0.05, 0) is 33.6 Å². The first-order valence-electron chi connectivity index (χ1n) is 5.23. The molecule has 0 aliphatic rings. The monoisotopic (exact) mass is 198 g/mol. The number of carbonyl (C=O) groups is 1. The molecule has 2 heteroatoms. The van der Waals surface area contributed by atoms with Gasteiger partial charge in [0.1, 0.15) is 5.60 Å². The number of hydrogen-bond acceptors (Lipinski definition) is 2. The van der Waals surface area contributed by atoms with E-state index in [2.05, 4.69) is 13.5 Å². The topological polar surface area (TPSA) is 26.3 Å². The highest BCUT2D eigenvalue weighted by molar-refractivity contribution is 5.72. The summed E-state index contributed by atoms with van der Waals surface area (Å²) in [6, 6.07) is 0. The molecule has 0 aromatic carbocycles. The van der Waals surface area contributed by atoms with Crippen LogP contribution in [0.15, 0.2) is 12.2 Å². The van der Waals surface area contributed by atoms with Crippen LogP contribution < -0.4 is 0 Å². The maximum atomic E-state index is 11.3. The Labute approximate surface area is 87.3 Å². The predicted molar refractivity (Wildman–Crippen MR) is 59.1 cm³/mol. The maximum Gasteiger partial charge on any atom is 0.310 e. The van der Waals surface area contributed by atoms with Gasteiger partial charge in [-0.3, -0.25) is 4.79 Å². The molecular formula is C12H22O2. The van der Waals surface area contributed by atoms with Crippen LogP contribution in [-0.4, -0.2) is 11.6 Å². The van der Waals surface area contributed by atoms with Gasteiger partial charge in [0.2, 0.25) is 0 Å². The van der Waals surface area contributed by atoms with Gasteiger partial charge in [-0.25, -0.2) is 0 Å². The van der Waals surface area contributed by atoms with Gasteiger partial charge in [0.15, 0.2) is 0 Å². The lowest BCUT2D eigenvalue weighted by Gasteiger charge is -2.19. The van der Waals surface area contributed by atoms with Crippen LogP contribution in [0.5, 0.6) is 0 Å². The third-order valence-electron chi connectivity index (χ3n) is 1.70. The zero-order valence-corrected chi connectivity index (χ0v) is 9.85. The number of carbonyl (C=O) groups excluding carboxylic acids is 1. The SMILES string of the molecule is C=C(CCCC)CC(=O)OC(C)(C)C. The van der Waals surface area contributed by atoms with Crippen molar-refractivity contribution >= 4 is 5.97 Å². The van der Waals surface area contributed by atoms with Gasteiger partial charge in [0.05, 0.1) is 6.42 Å². The molecule has 0 spiro atoms. The van der Waals surface area contributed by atoms with Crippen LogP contribution in [0.2, 0.25) is 0 Å². The third-order valence-corrected chi connectivity index (χ3v) is 1.70. The van der Waals surface area contributed by atoms with Gasteiger partial charge in [0, 0.05) is 0 Å². The van der Waals surface area contributed by atoms with E-state index in [0.717, 1.165) is 24.8 Å². The Balaban J connectivity index is 3.78. The fourth-order valence-corrected chi connectivity index (χ4v) is 1.10. The van der Waals surface area contributed by atoms with Crippen molar-refractivity contribution in [3.05, 3.63) is 12.2 Å². The van der Waals surface area contributed by atoms with Crippen molar-refractivity contribution in [2.45, 2.75) is 59.0 Å². The number of esters is 1. The minimum absolute atomic E-state index is 0.168. The summed E-state index contributed by atoms with van der Waals surface area (Å²) in [5.41, 5.74) is 0.586. The molecule has 0 bridgehead atoms. The zero-order chi connectivity index (χ0) is 11.2. The first kappa shape index (κ1) is 13.2. The van der Waals surface area contributed by atoms with Gasteiger partial charge in [-0.15, -0.1) is 0 Å². The van der Waals surface area contributed by atoms with Gasteiger partial charge in [-0.2, -0.15) is 0 Å². The van der Waals surface area contributed by atoms with E-state index in [1.165, 1.54) is 0 Å². The molecule has 0 fully saturated rings. The largest absolute Gasteiger partial charge is 0.460 e. The summed E-state index contributed by atoms with van der Waals surface area (Å²) in [7, 11) is 0. The molecule has 0 N–H and O–H groups in total. The van der Waals surface area contributed by atoms with Crippen LogP contribution in [0.25, 0.3) is 0 Å². The lowest BCUT2D eigenvalue weighted by molar-refractivity contribution is -0.153. The Hall–Kier alpha value is -0.790. The molecule has 0 unspecified atom stereocenters. The molecule has 0 atom stereocenters. The van der Waals surface area contributed by atoms with Crippen molar-refractivity contribution in [2.24, 2.45) is 0 Å². The third kappa shape index (κ3) is 7.84. The number of hydrogen-bond donors (Lipinski definition) is 0. The molecule has 14 heavy (non-hydrogen) atoms.